The topological polar surface area (TPSA) is 79.5 Å². The third-order valence-corrected chi connectivity index (χ3v) is 6.87. The van der Waals surface area contributed by atoms with Crippen LogP contribution in [0.1, 0.15) is 43.4 Å². The van der Waals surface area contributed by atoms with Crippen LogP contribution in [0.25, 0.3) is 0 Å². The summed E-state index contributed by atoms with van der Waals surface area (Å²) in [6, 6.07) is 25.8. The zero-order valence-electron chi connectivity index (χ0n) is 23.0. The number of hydrogen-bond acceptors (Lipinski definition) is 4. The molecule has 0 aliphatic heterocycles. The summed E-state index contributed by atoms with van der Waals surface area (Å²) in [5.41, 5.74) is 4.61. The van der Waals surface area contributed by atoms with Crippen molar-refractivity contribution in [3.05, 3.63) is 95.6 Å². The molecule has 202 valence electrons. The summed E-state index contributed by atoms with van der Waals surface area (Å²) in [5.74, 6) is 0.650. The Morgan fingerprint density at radius 2 is 1.55 bits per heavy atom. The van der Waals surface area contributed by atoms with E-state index in [2.05, 4.69) is 71.4 Å². The van der Waals surface area contributed by atoms with E-state index in [-0.39, 0.29) is 17.7 Å². The first-order chi connectivity index (χ1) is 18.4. The summed E-state index contributed by atoms with van der Waals surface area (Å²) < 4.78 is 5.20. The number of rotatable bonds is 14. The molecule has 6 nitrogen and oxygen atoms in total. The van der Waals surface area contributed by atoms with Crippen molar-refractivity contribution in [3.63, 3.8) is 0 Å². The van der Waals surface area contributed by atoms with Crippen LogP contribution < -0.4 is 20.7 Å². The molecule has 0 bridgehead atoms. The molecule has 0 saturated heterocycles. The quantitative estimate of drug-likeness (QED) is 0.270. The van der Waals surface area contributed by atoms with E-state index in [4.69, 9.17) is 4.74 Å². The Morgan fingerprint density at radius 3 is 2.24 bits per heavy atom. The van der Waals surface area contributed by atoms with Crippen LogP contribution >= 0.6 is 0 Å². The molecule has 3 N–H and O–H groups in total. The number of methoxy groups -OCH3 is 1. The van der Waals surface area contributed by atoms with Crippen molar-refractivity contribution in [2.24, 2.45) is 11.8 Å². The van der Waals surface area contributed by atoms with E-state index in [0.29, 0.717) is 12.3 Å². The zero-order valence-corrected chi connectivity index (χ0v) is 23.0. The summed E-state index contributed by atoms with van der Waals surface area (Å²) in [6.07, 6.45) is 3.13. The number of hydrogen-bond donors (Lipinski definition) is 3. The first-order valence-corrected chi connectivity index (χ1v) is 13.4. The van der Waals surface area contributed by atoms with Crippen molar-refractivity contribution in [3.8, 4) is 5.75 Å². The molecule has 0 radical (unpaired) electrons. The molecule has 0 saturated carbocycles. The van der Waals surface area contributed by atoms with E-state index < -0.39 is 6.04 Å². The van der Waals surface area contributed by atoms with Gasteiger partial charge in [-0.25, -0.2) is 0 Å². The van der Waals surface area contributed by atoms with Gasteiger partial charge in [0.2, 0.25) is 11.8 Å². The fourth-order valence-electron chi connectivity index (χ4n) is 4.57. The highest BCUT2D eigenvalue weighted by molar-refractivity contribution is 5.88. The average Bonchev–Trinajstić information content (AvgIpc) is 2.95. The van der Waals surface area contributed by atoms with Crippen molar-refractivity contribution in [1.82, 2.24) is 10.6 Å². The van der Waals surface area contributed by atoms with Gasteiger partial charge in [-0.05, 0) is 66.1 Å². The van der Waals surface area contributed by atoms with Gasteiger partial charge in [0, 0.05) is 31.6 Å². The van der Waals surface area contributed by atoms with Gasteiger partial charge in [0.05, 0.1) is 7.11 Å². The second-order valence-electron chi connectivity index (χ2n) is 10.0. The lowest BCUT2D eigenvalue weighted by atomic mass is 9.91. The minimum absolute atomic E-state index is 0.0916. The Kier molecular flexibility index (Phi) is 11.2. The first-order valence-electron chi connectivity index (χ1n) is 13.4. The van der Waals surface area contributed by atoms with Crippen LogP contribution in [0.15, 0.2) is 78.9 Å². The molecular formula is C32H41N3O3. The first kappa shape index (κ1) is 28.8. The zero-order chi connectivity index (χ0) is 27.3. The Bertz CT molecular complexity index is 1150. The summed E-state index contributed by atoms with van der Waals surface area (Å²) in [7, 11) is 3.21. The molecule has 0 fully saturated rings. The van der Waals surface area contributed by atoms with Gasteiger partial charge in [-0.15, -0.1) is 0 Å². The van der Waals surface area contributed by atoms with E-state index in [1.807, 2.05) is 37.3 Å². The Balaban J connectivity index is 1.47. The van der Waals surface area contributed by atoms with Gasteiger partial charge in [0.25, 0.3) is 0 Å². The highest BCUT2D eigenvalue weighted by atomic mass is 16.5. The van der Waals surface area contributed by atoms with Gasteiger partial charge in [-0.3, -0.25) is 9.59 Å². The third-order valence-electron chi connectivity index (χ3n) is 6.87. The fraction of sp³-hybridized carbons (Fsp3) is 0.375. The molecular weight excluding hydrogens is 474 g/mol. The average molecular weight is 516 g/mol. The molecule has 0 aliphatic rings. The molecule has 6 heteroatoms. The molecule has 0 heterocycles. The largest absolute Gasteiger partial charge is 0.497 e. The number of nitrogens with one attached hydrogen (secondary N) is 3. The van der Waals surface area contributed by atoms with Crippen molar-refractivity contribution >= 4 is 17.5 Å². The van der Waals surface area contributed by atoms with Crippen molar-refractivity contribution in [1.29, 1.82) is 0 Å². The summed E-state index contributed by atoms with van der Waals surface area (Å²) in [6.45, 7) is 4.92. The standard InChI is InChI=1S/C32H41N3O3/c1-23(13-14-25-11-8-12-28(20-25)34-22-27-9-6-5-7-10-27)19-24(2)31(36)35-30(32(37)33-3)21-26-15-17-29(38-4)18-16-26/h5-12,15-18,20,23-24,30,34H,13-14,19,21-22H2,1-4H3,(H,33,37)(H,35,36). The predicted octanol–water partition coefficient (Wildman–Crippen LogP) is 5.38. The number of carbonyl (C=O) groups excluding carboxylic acids is 2. The maximum absolute atomic E-state index is 13.0. The van der Waals surface area contributed by atoms with E-state index in [1.165, 1.54) is 11.1 Å². The third kappa shape index (κ3) is 9.25. The molecule has 3 atom stereocenters. The number of carbonyl (C=O) groups is 2. The second kappa shape index (κ2) is 14.8. The van der Waals surface area contributed by atoms with Gasteiger partial charge in [-0.2, -0.15) is 0 Å². The molecule has 3 aromatic rings. The number of amides is 2. The van der Waals surface area contributed by atoms with Gasteiger partial charge in [0.15, 0.2) is 0 Å². The number of benzene rings is 3. The lowest BCUT2D eigenvalue weighted by molar-refractivity contribution is -0.130. The van der Waals surface area contributed by atoms with Crippen LogP contribution in [0.2, 0.25) is 0 Å². The van der Waals surface area contributed by atoms with Crippen molar-refractivity contribution < 1.29 is 14.3 Å². The number of ether oxygens (including phenoxy) is 1. The number of aryl methyl sites for hydroxylation is 1. The summed E-state index contributed by atoms with van der Waals surface area (Å²) in [5, 5.41) is 9.14. The second-order valence-corrected chi connectivity index (χ2v) is 10.0. The minimum atomic E-state index is -0.621. The Hall–Kier alpha value is -3.80. The van der Waals surface area contributed by atoms with Crippen molar-refractivity contribution in [2.75, 3.05) is 19.5 Å². The van der Waals surface area contributed by atoms with Crippen LogP contribution in [0.5, 0.6) is 5.75 Å². The molecule has 3 unspecified atom stereocenters. The highest BCUT2D eigenvalue weighted by Crippen LogP contribution is 2.21. The van der Waals surface area contributed by atoms with Gasteiger partial charge in [0.1, 0.15) is 11.8 Å². The normalized spacial score (nSPS) is 13.2. The maximum Gasteiger partial charge on any atom is 0.242 e. The van der Waals surface area contributed by atoms with Gasteiger partial charge >= 0.3 is 0 Å². The van der Waals surface area contributed by atoms with Crippen LogP contribution in [0.4, 0.5) is 5.69 Å². The van der Waals surface area contributed by atoms with Crippen molar-refractivity contribution in [2.45, 2.75) is 52.1 Å². The van der Waals surface area contributed by atoms with Crippen LogP contribution in [-0.4, -0.2) is 32.0 Å². The molecule has 3 rings (SSSR count). The number of likely N-dealkylation sites (N-methyl/N-ethyl adjacent to an activating group) is 1. The summed E-state index contributed by atoms with van der Waals surface area (Å²) in [4.78, 5) is 25.5. The van der Waals surface area contributed by atoms with E-state index in [9.17, 15) is 9.59 Å². The Morgan fingerprint density at radius 1 is 0.842 bits per heavy atom. The van der Waals surface area contributed by atoms with Crippen LogP contribution in [-0.2, 0) is 29.0 Å². The fourth-order valence-corrected chi connectivity index (χ4v) is 4.57. The molecule has 38 heavy (non-hydrogen) atoms. The predicted molar refractivity (Wildman–Crippen MR) is 154 cm³/mol. The molecule has 2 amide bonds. The monoisotopic (exact) mass is 515 g/mol. The van der Waals surface area contributed by atoms with Crippen LogP contribution in [0.3, 0.4) is 0 Å². The van der Waals surface area contributed by atoms with E-state index >= 15 is 0 Å². The van der Waals surface area contributed by atoms with Crippen LogP contribution in [0, 0.1) is 11.8 Å². The van der Waals surface area contributed by atoms with Gasteiger partial charge in [-0.1, -0.05) is 68.4 Å². The van der Waals surface area contributed by atoms with E-state index in [0.717, 1.165) is 42.8 Å². The molecule has 3 aromatic carbocycles. The highest BCUT2D eigenvalue weighted by Gasteiger charge is 2.24. The molecule has 0 spiro atoms. The lowest BCUT2D eigenvalue weighted by Gasteiger charge is -2.22. The minimum Gasteiger partial charge on any atom is -0.497 e. The smallest absolute Gasteiger partial charge is 0.242 e. The number of anilines is 1. The van der Waals surface area contributed by atoms with Gasteiger partial charge < -0.3 is 20.7 Å². The molecule has 0 aromatic heterocycles. The molecule has 0 aliphatic carbocycles. The SMILES string of the molecule is CNC(=O)C(Cc1ccc(OC)cc1)NC(=O)C(C)CC(C)CCc1cccc(NCc2ccccc2)c1. The lowest BCUT2D eigenvalue weighted by Crippen LogP contribution is -2.48. The Labute approximate surface area is 227 Å². The maximum atomic E-state index is 13.0. The summed E-state index contributed by atoms with van der Waals surface area (Å²) >= 11 is 0. The van der Waals surface area contributed by atoms with E-state index in [1.54, 1.807) is 14.2 Å².